The lowest BCUT2D eigenvalue weighted by Gasteiger charge is -2.35. The molecule has 0 saturated heterocycles. The third kappa shape index (κ3) is 5.13. The van der Waals surface area contributed by atoms with Crippen LogP contribution >= 0.6 is 0 Å². The van der Waals surface area contributed by atoms with Crippen molar-refractivity contribution in [1.29, 1.82) is 0 Å². The molecule has 2 N–H and O–H groups in total. The van der Waals surface area contributed by atoms with Crippen LogP contribution in [0.15, 0.2) is 59.8 Å². The maximum Gasteiger partial charge on any atom is 0.338 e. The van der Waals surface area contributed by atoms with Gasteiger partial charge in [0.05, 0.1) is 36.6 Å². The molecule has 2 aromatic rings. The maximum atomic E-state index is 13.1. The Labute approximate surface area is 194 Å². The summed E-state index contributed by atoms with van der Waals surface area (Å²) in [6.45, 7) is 7.24. The smallest absolute Gasteiger partial charge is 0.338 e. The zero-order valence-corrected chi connectivity index (χ0v) is 19.4. The Morgan fingerprint density at radius 1 is 1.15 bits per heavy atom. The SMILES string of the molecule is CCOC(=O)C1=C(CN2CCCc3ccccc32)NC(=O)N[C@H]1c1ccc(OC(C)C)cc1. The lowest BCUT2D eigenvalue weighted by Crippen LogP contribution is -2.49. The third-order valence-electron chi connectivity index (χ3n) is 5.79. The van der Waals surface area contributed by atoms with Crippen molar-refractivity contribution in [3.8, 4) is 5.75 Å². The Morgan fingerprint density at radius 2 is 1.91 bits per heavy atom. The highest BCUT2D eigenvalue weighted by molar-refractivity contribution is 5.95. The van der Waals surface area contributed by atoms with E-state index in [-0.39, 0.29) is 18.7 Å². The van der Waals surface area contributed by atoms with Crippen molar-refractivity contribution in [3.05, 3.63) is 70.9 Å². The molecule has 1 atom stereocenters. The molecule has 2 amide bonds. The molecule has 7 nitrogen and oxygen atoms in total. The zero-order chi connectivity index (χ0) is 23.4. The van der Waals surface area contributed by atoms with Crippen LogP contribution in [-0.2, 0) is 16.0 Å². The van der Waals surface area contributed by atoms with Crippen LogP contribution in [0.4, 0.5) is 10.5 Å². The van der Waals surface area contributed by atoms with Crippen molar-refractivity contribution in [1.82, 2.24) is 10.6 Å². The molecule has 33 heavy (non-hydrogen) atoms. The van der Waals surface area contributed by atoms with Gasteiger partial charge in [0.25, 0.3) is 0 Å². The summed E-state index contributed by atoms with van der Waals surface area (Å²) >= 11 is 0. The Kier molecular flexibility index (Phi) is 6.87. The second-order valence-corrected chi connectivity index (χ2v) is 8.53. The number of aryl methyl sites for hydroxylation is 1. The molecule has 174 valence electrons. The molecule has 2 heterocycles. The van der Waals surface area contributed by atoms with Gasteiger partial charge in [0, 0.05) is 12.2 Å². The molecule has 4 rings (SSSR count). The largest absolute Gasteiger partial charge is 0.491 e. The number of hydrogen-bond donors (Lipinski definition) is 2. The molecule has 2 aromatic carbocycles. The summed E-state index contributed by atoms with van der Waals surface area (Å²) in [4.78, 5) is 27.9. The van der Waals surface area contributed by atoms with E-state index < -0.39 is 12.0 Å². The van der Waals surface area contributed by atoms with Crippen LogP contribution in [0.2, 0.25) is 0 Å². The van der Waals surface area contributed by atoms with E-state index >= 15 is 0 Å². The van der Waals surface area contributed by atoms with Gasteiger partial charge in [0.1, 0.15) is 5.75 Å². The van der Waals surface area contributed by atoms with Crippen molar-refractivity contribution in [2.75, 3.05) is 24.6 Å². The fourth-order valence-electron chi connectivity index (χ4n) is 4.42. The van der Waals surface area contributed by atoms with E-state index in [2.05, 4.69) is 27.7 Å². The highest BCUT2D eigenvalue weighted by Crippen LogP contribution is 2.32. The summed E-state index contributed by atoms with van der Waals surface area (Å²) in [5.74, 6) is 0.304. The first-order chi connectivity index (χ1) is 16.0. The minimum absolute atomic E-state index is 0.0587. The Bertz CT molecular complexity index is 1050. The van der Waals surface area contributed by atoms with Gasteiger partial charge >= 0.3 is 12.0 Å². The van der Waals surface area contributed by atoms with E-state index in [1.165, 1.54) is 5.56 Å². The summed E-state index contributed by atoms with van der Waals surface area (Å²) in [5.41, 5.74) is 4.21. The Hall–Kier alpha value is -3.48. The quantitative estimate of drug-likeness (QED) is 0.622. The van der Waals surface area contributed by atoms with Crippen LogP contribution in [0.1, 0.15) is 44.4 Å². The molecular formula is C26H31N3O4. The molecule has 0 unspecified atom stereocenters. The first-order valence-electron chi connectivity index (χ1n) is 11.5. The molecule has 0 aromatic heterocycles. The normalized spacial score (nSPS) is 17.9. The number of anilines is 1. The zero-order valence-electron chi connectivity index (χ0n) is 19.4. The molecule has 2 aliphatic heterocycles. The minimum Gasteiger partial charge on any atom is -0.491 e. The van der Waals surface area contributed by atoms with Gasteiger partial charge in [-0.25, -0.2) is 9.59 Å². The van der Waals surface area contributed by atoms with E-state index in [9.17, 15) is 9.59 Å². The number of carbonyl (C=O) groups excluding carboxylic acids is 2. The number of nitrogens with zero attached hydrogens (tertiary/aromatic N) is 1. The van der Waals surface area contributed by atoms with Crippen LogP contribution in [0.3, 0.4) is 0 Å². The van der Waals surface area contributed by atoms with Gasteiger partial charge in [-0.15, -0.1) is 0 Å². The number of carbonyl (C=O) groups is 2. The summed E-state index contributed by atoms with van der Waals surface area (Å²) in [6, 6.07) is 14.8. The van der Waals surface area contributed by atoms with Gasteiger partial charge in [-0.1, -0.05) is 30.3 Å². The van der Waals surface area contributed by atoms with E-state index in [4.69, 9.17) is 9.47 Å². The molecule has 0 saturated carbocycles. The predicted molar refractivity (Wildman–Crippen MR) is 127 cm³/mol. The van der Waals surface area contributed by atoms with Gasteiger partial charge in [0.2, 0.25) is 0 Å². The standard InChI is InChI=1S/C26H31N3O4/c1-4-32-25(30)23-21(16-29-15-7-9-18-8-5-6-10-22(18)29)27-26(31)28-24(23)19-11-13-20(14-12-19)33-17(2)3/h5-6,8,10-14,17,24H,4,7,9,15-16H2,1-3H3,(H2,27,28,31)/t24-/m0/s1. The van der Waals surface area contributed by atoms with Crippen molar-refractivity contribution < 1.29 is 19.1 Å². The average Bonchev–Trinajstić information content (AvgIpc) is 2.79. The van der Waals surface area contributed by atoms with E-state index in [1.807, 2.05) is 50.2 Å². The molecule has 0 fully saturated rings. The van der Waals surface area contributed by atoms with Gasteiger partial charge in [-0.3, -0.25) is 0 Å². The third-order valence-corrected chi connectivity index (χ3v) is 5.79. The summed E-state index contributed by atoms with van der Waals surface area (Å²) in [7, 11) is 0. The molecule has 0 aliphatic carbocycles. The maximum absolute atomic E-state index is 13.1. The molecule has 0 radical (unpaired) electrons. The average molecular weight is 450 g/mol. The number of amides is 2. The van der Waals surface area contributed by atoms with Crippen molar-refractivity contribution in [2.24, 2.45) is 0 Å². The lowest BCUT2D eigenvalue weighted by molar-refractivity contribution is -0.139. The van der Waals surface area contributed by atoms with Gasteiger partial charge in [-0.05, 0) is 62.9 Å². The van der Waals surface area contributed by atoms with E-state index in [0.29, 0.717) is 17.8 Å². The van der Waals surface area contributed by atoms with Crippen LogP contribution in [0.25, 0.3) is 0 Å². The van der Waals surface area contributed by atoms with Crippen molar-refractivity contribution >= 4 is 17.7 Å². The number of benzene rings is 2. The van der Waals surface area contributed by atoms with E-state index in [1.54, 1.807) is 6.92 Å². The summed E-state index contributed by atoms with van der Waals surface area (Å²) in [6.07, 6.45) is 2.10. The fraction of sp³-hybridized carbons (Fsp3) is 0.385. The molecule has 2 aliphatic rings. The number of para-hydroxylation sites is 1. The van der Waals surface area contributed by atoms with Gasteiger partial charge in [-0.2, -0.15) is 0 Å². The van der Waals surface area contributed by atoms with Gasteiger partial charge < -0.3 is 25.0 Å². The highest BCUT2D eigenvalue weighted by atomic mass is 16.5. The number of urea groups is 1. The van der Waals surface area contributed by atoms with Gasteiger partial charge in [0.15, 0.2) is 0 Å². The monoisotopic (exact) mass is 449 g/mol. The molecule has 7 heteroatoms. The number of fused-ring (bicyclic) bond motifs is 1. The molecule has 0 bridgehead atoms. The first-order valence-corrected chi connectivity index (χ1v) is 11.5. The summed E-state index contributed by atoms with van der Waals surface area (Å²) in [5, 5.41) is 5.78. The second-order valence-electron chi connectivity index (χ2n) is 8.53. The fourth-order valence-corrected chi connectivity index (χ4v) is 4.42. The molecule has 0 spiro atoms. The van der Waals surface area contributed by atoms with Crippen LogP contribution in [-0.4, -0.2) is 37.8 Å². The van der Waals surface area contributed by atoms with Crippen LogP contribution < -0.4 is 20.3 Å². The highest BCUT2D eigenvalue weighted by Gasteiger charge is 2.34. The Morgan fingerprint density at radius 3 is 2.64 bits per heavy atom. The first kappa shape index (κ1) is 22.7. The number of nitrogens with one attached hydrogen (secondary N) is 2. The minimum atomic E-state index is -0.610. The van der Waals surface area contributed by atoms with Crippen molar-refractivity contribution in [2.45, 2.75) is 45.8 Å². The molecular weight excluding hydrogens is 418 g/mol. The number of hydrogen-bond acceptors (Lipinski definition) is 5. The van der Waals surface area contributed by atoms with Crippen molar-refractivity contribution in [3.63, 3.8) is 0 Å². The topological polar surface area (TPSA) is 79.9 Å². The Balaban J connectivity index is 1.70. The van der Waals surface area contributed by atoms with Crippen LogP contribution in [0.5, 0.6) is 5.75 Å². The predicted octanol–water partition coefficient (Wildman–Crippen LogP) is 4.10. The number of rotatable bonds is 7. The summed E-state index contributed by atoms with van der Waals surface area (Å²) < 4.78 is 11.1. The second kappa shape index (κ2) is 9.98. The number of ether oxygens (including phenoxy) is 2. The number of esters is 1. The van der Waals surface area contributed by atoms with Crippen LogP contribution in [0, 0.1) is 0 Å². The van der Waals surface area contributed by atoms with E-state index in [0.717, 1.165) is 36.4 Å². The lowest BCUT2D eigenvalue weighted by atomic mass is 9.94.